The molecular weight excluding hydrogens is 458 g/mol. The number of anilines is 5. The molecule has 0 radical (unpaired) electrons. The third kappa shape index (κ3) is 6.90. The quantitative estimate of drug-likeness (QED) is 0.190. The van der Waals surface area contributed by atoms with Gasteiger partial charge < -0.3 is 28.3 Å². The maximum atomic E-state index is 11.8. The standard InChI is InChI=1S/C18H16N2.C13H13N3O/c19-17-8-2-6-15(11-17)13-4-1-5-14(10-13)16-7-3-9-18(20)12-16;14-10-3-1-9(2-4-10)13(17)16-12-7-5-11(15)6-8-12/h1-12H,19-20H2;1-8H,14-15H2,(H,16,17). The zero-order valence-electron chi connectivity index (χ0n) is 20.3. The summed E-state index contributed by atoms with van der Waals surface area (Å²) in [5.74, 6) is -0.172. The summed E-state index contributed by atoms with van der Waals surface area (Å²) in [5.41, 5.74) is 31.5. The van der Waals surface area contributed by atoms with Gasteiger partial charge in [0.05, 0.1) is 0 Å². The highest BCUT2D eigenvalue weighted by Gasteiger charge is 2.05. The lowest BCUT2D eigenvalue weighted by Crippen LogP contribution is -2.11. The SMILES string of the molecule is Nc1ccc(NC(=O)c2ccc(N)cc2)cc1.Nc1cccc(-c2cccc(-c3cccc(N)c3)c2)c1. The number of carbonyl (C=O) groups is 1. The molecule has 37 heavy (non-hydrogen) atoms. The largest absolute Gasteiger partial charge is 0.399 e. The number of hydrogen-bond acceptors (Lipinski definition) is 5. The molecule has 0 heterocycles. The third-order valence-corrected chi connectivity index (χ3v) is 5.64. The highest BCUT2D eigenvalue weighted by atomic mass is 16.1. The average molecular weight is 488 g/mol. The Morgan fingerprint density at radius 2 is 0.865 bits per heavy atom. The van der Waals surface area contributed by atoms with Gasteiger partial charge in [-0.15, -0.1) is 0 Å². The third-order valence-electron chi connectivity index (χ3n) is 5.64. The number of nitrogens with two attached hydrogens (primary N) is 4. The molecule has 0 atom stereocenters. The molecule has 5 aromatic rings. The van der Waals surface area contributed by atoms with Gasteiger partial charge in [-0.3, -0.25) is 4.79 Å². The maximum Gasteiger partial charge on any atom is 0.255 e. The molecule has 5 aromatic carbocycles. The highest BCUT2D eigenvalue weighted by Crippen LogP contribution is 2.28. The molecule has 0 fully saturated rings. The van der Waals surface area contributed by atoms with E-state index in [4.69, 9.17) is 22.9 Å². The van der Waals surface area contributed by atoms with Crippen LogP contribution in [0.3, 0.4) is 0 Å². The van der Waals surface area contributed by atoms with Gasteiger partial charge in [0.15, 0.2) is 0 Å². The van der Waals surface area contributed by atoms with E-state index in [1.807, 2.05) is 36.4 Å². The summed E-state index contributed by atoms with van der Waals surface area (Å²) in [6.45, 7) is 0. The molecule has 0 spiro atoms. The zero-order valence-corrected chi connectivity index (χ0v) is 20.3. The van der Waals surface area contributed by atoms with Gasteiger partial charge in [-0.25, -0.2) is 0 Å². The number of amides is 1. The Labute approximate surface area is 216 Å². The molecule has 0 aliphatic rings. The lowest BCUT2D eigenvalue weighted by Gasteiger charge is -2.07. The van der Waals surface area contributed by atoms with Gasteiger partial charge in [0, 0.05) is 34.0 Å². The molecule has 6 heteroatoms. The summed E-state index contributed by atoms with van der Waals surface area (Å²) in [5, 5.41) is 2.77. The first-order chi connectivity index (χ1) is 17.9. The molecule has 5 rings (SSSR count). The lowest BCUT2D eigenvalue weighted by molar-refractivity contribution is 0.102. The summed E-state index contributed by atoms with van der Waals surface area (Å²) in [6, 6.07) is 37.9. The van der Waals surface area contributed by atoms with Crippen LogP contribution in [-0.2, 0) is 0 Å². The number of nitrogen functional groups attached to an aromatic ring is 4. The van der Waals surface area contributed by atoms with E-state index < -0.39 is 0 Å². The highest BCUT2D eigenvalue weighted by molar-refractivity contribution is 6.04. The summed E-state index contributed by atoms with van der Waals surface area (Å²) < 4.78 is 0. The Balaban J connectivity index is 0.000000176. The van der Waals surface area contributed by atoms with E-state index in [9.17, 15) is 4.79 Å². The van der Waals surface area contributed by atoms with Crippen molar-refractivity contribution in [1.29, 1.82) is 0 Å². The number of nitrogens with one attached hydrogen (secondary N) is 1. The molecule has 1 amide bonds. The molecule has 0 aromatic heterocycles. The van der Waals surface area contributed by atoms with Crippen LogP contribution in [0.1, 0.15) is 10.4 Å². The number of hydrogen-bond donors (Lipinski definition) is 5. The van der Waals surface area contributed by atoms with E-state index in [-0.39, 0.29) is 5.91 Å². The Morgan fingerprint density at radius 1 is 0.459 bits per heavy atom. The van der Waals surface area contributed by atoms with Crippen LogP contribution in [0.25, 0.3) is 22.3 Å². The molecule has 9 N–H and O–H groups in total. The number of carbonyl (C=O) groups excluding carboxylic acids is 1. The fraction of sp³-hybridized carbons (Fsp3) is 0. The molecule has 184 valence electrons. The van der Waals surface area contributed by atoms with Crippen molar-refractivity contribution < 1.29 is 4.79 Å². The zero-order chi connectivity index (χ0) is 26.2. The smallest absolute Gasteiger partial charge is 0.255 e. The van der Waals surface area contributed by atoms with Crippen molar-refractivity contribution in [2.75, 3.05) is 28.3 Å². The molecule has 6 nitrogen and oxygen atoms in total. The van der Waals surface area contributed by atoms with E-state index in [0.29, 0.717) is 22.6 Å². The van der Waals surface area contributed by atoms with Gasteiger partial charge in [0.25, 0.3) is 5.91 Å². The fourth-order valence-corrected chi connectivity index (χ4v) is 3.72. The van der Waals surface area contributed by atoms with E-state index >= 15 is 0 Å². The first-order valence-electron chi connectivity index (χ1n) is 11.7. The van der Waals surface area contributed by atoms with Gasteiger partial charge in [-0.1, -0.05) is 42.5 Å². The number of rotatable bonds is 4. The van der Waals surface area contributed by atoms with E-state index in [1.54, 1.807) is 48.5 Å². The fourth-order valence-electron chi connectivity index (χ4n) is 3.72. The minimum Gasteiger partial charge on any atom is -0.399 e. The van der Waals surface area contributed by atoms with Crippen molar-refractivity contribution in [3.63, 3.8) is 0 Å². The van der Waals surface area contributed by atoms with Gasteiger partial charge in [0.2, 0.25) is 0 Å². The van der Waals surface area contributed by atoms with Crippen LogP contribution in [-0.4, -0.2) is 5.91 Å². The van der Waals surface area contributed by atoms with E-state index in [0.717, 1.165) is 33.6 Å². The first kappa shape index (κ1) is 24.9. The van der Waals surface area contributed by atoms with Crippen molar-refractivity contribution in [2.45, 2.75) is 0 Å². The van der Waals surface area contributed by atoms with Crippen molar-refractivity contribution in [1.82, 2.24) is 0 Å². The second kappa shape index (κ2) is 11.5. The van der Waals surface area contributed by atoms with Crippen LogP contribution in [0.5, 0.6) is 0 Å². The van der Waals surface area contributed by atoms with Crippen LogP contribution >= 0.6 is 0 Å². The van der Waals surface area contributed by atoms with Crippen LogP contribution in [0.15, 0.2) is 121 Å². The Kier molecular flexibility index (Phi) is 7.71. The Morgan fingerprint density at radius 3 is 1.32 bits per heavy atom. The molecule has 0 aliphatic heterocycles. The van der Waals surface area contributed by atoms with Crippen LogP contribution in [0.4, 0.5) is 28.4 Å². The molecule has 0 bridgehead atoms. The molecule has 0 saturated heterocycles. The van der Waals surface area contributed by atoms with E-state index in [1.165, 1.54) is 0 Å². The second-order valence-corrected chi connectivity index (χ2v) is 8.53. The lowest BCUT2D eigenvalue weighted by atomic mass is 9.98. The van der Waals surface area contributed by atoms with Crippen LogP contribution in [0, 0.1) is 0 Å². The Bertz CT molecular complexity index is 1430. The van der Waals surface area contributed by atoms with Gasteiger partial charge in [0.1, 0.15) is 0 Å². The maximum absolute atomic E-state index is 11.8. The summed E-state index contributed by atoms with van der Waals surface area (Å²) >= 11 is 0. The minimum atomic E-state index is -0.172. The predicted octanol–water partition coefficient (Wildman–Crippen LogP) is 6.29. The minimum absolute atomic E-state index is 0.172. The molecule has 0 unspecified atom stereocenters. The van der Waals surface area contributed by atoms with Gasteiger partial charge in [-0.2, -0.15) is 0 Å². The summed E-state index contributed by atoms with van der Waals surface area (Å²) in [6.07, 6.45) is 0. The predicted molar refractivity (Wildman–Crippen MR) is 156 cm³/mol. The number of benzene rings is 5. The molecule has 0 aliphatic carbocycles. The van der Waals surface area contributed by atoms with Crippen molar-refractivity contribution in [3.05, 3.63) is 127 Å². The summed E-state index contributed by atoms with van der Waals surface area (Å²) in [4.78, 5) is 11.8. The first-order valence-corrected chi connectivity index (χ1v) is 11.7. The normalized spacial score (nSPS) is 10.2. The average Bonchev–Trinajstić information content (AvgIpc) is 2.91. The molecule has 0 saturated carbocycles. The van der Waals surface area contributed by atoms with Crippen molar-refractivity contribution >= 4 is 34.3 Å². The van der Waals surface area contributed by atoms with Crippen molar-refractivity contribution in [3.8, 4) is 22.3 Å². The monoisotopic (exact) mass is 487 g/mol. The van der Waals surface area contributed by atoms with Crippen LogP contribution in [0.2, 0.25) is 0 Å². The Hall–Kier alpha value is -5.23. The topological polar surface area (TPSA) is 133 Å². The molecular formula is C31H29N5O. The van der Waals surface area contributed by atoms with E-state index in [2.05, 4.69) is 41.7 Å². The van der Waals surface area contributed by atoms with Crippen molar-refractivity contribution in [2.24, 2.45) is 0 Å². The second-order valence-electron chi connectivity index (χ2n) is 8.53. The summed E-state index contributed by atoms with van der Waals surface area (Å²) in [7, 11) is 0. The van der Waals surface area contributed by atoms with Gasteiger partial charge >= 0.3 is 0 Å². The van der Waals surface area contributed by atoms with Crippen LogP contribution < -0.4 is 28.3 Å². The van der Waals surface area contributed by atoms with Gasteiger partial charge in [-0.05, 0) is 101 Å².